The van der Waals surface area contributed by atoms with Crippen LogP contribution in [-0.2, 0) is 14.9 Å². The van der Waals surface area contributed by atoms with Gasteiger partial charge in [0.05, 0.1) is 18.6 Å². The van der Waals surface area contributed by atoms with Crippen molar-refractivity contribution in [1.82, 2.24) is 0 Å². The monoisotopic (exact) mass is 427 g/mol. The Morgan fingerprint density at radius 3 is 2.48 bits per heavy atom. The van der Waals surface area contributed by atoms with E-state index in [1.54, 1.807) is 36.4 Å². The van der Waals surface area contributed by atoms with Crippen molar-refractivity contribution in [2.45, 2.75) is 63.9 Å². The largest absolute Gasteiger partial charge is 0.490 e. The Morgan fingerprint density at radius 2 is 1.84 bits per heavy atom. The molecule has 1 fully saturated rings. The van der Waals surface area contributed by atoms with Crippen molar-refractivity contribution >= 4 is 17.6 Å². The minimum absolute atomic E-state index is 0.0737. The van der Waals surface area contributed by atoms with Gasteiger partial charge in [-0.15, -0.1) is 0 Å². The van der Waals surface area contributed by atoms with Gasteiger partial charge in [0, 0.05) is 11.3 Å². The van der Waals surface area contributed by atoms with E-state index in [0.717, 1.165) is 25.7 Å². The van der Waals surface area contributed by atoms with Crippen LogP contribution in [-0.4, -0.2) is 25.1 Å². The molecule has 2 aromatic carbocycles. The third-order valence-corrected chi connectivity index (χ3v) is 6.08. The highest BCUT2D eigenvalue weighted by Crippen LogP contribution is 2.41. The molecule has 0 aliphatic heterocycles. The lowest BCUT2D eigenvalue weighted by Gasteiger charge is -2.36. The van der Waals surface area contributed by atoms with Gasteiger partial charge < -0.3 is 14.8 Å². The topological polar surface area (TPSA) is 64.6 Å². The first-order valence-electron chi connectivity index (χ1n) is 10.9. The second-order valence-corrected chi connectivity index (χ2v) is 8.12. The van der Waals surface area contributed by atoms with Gasteiger partial charge in [-0.2, -0.15) is 0 Å². The summed E-state index contributed by atoms with van der Waals surface area (Å²) >= 11 is 0. The summed E-state index contributed by atoms with van der Waals surface area (Å²) < 4.78 is 25.4. The number of nitrogens with one attached hydrogen (secondary N) is 1. The molecule has 1 atom stereocenters. The van der Waals surface area contributed by atoms with E-state index in [2.05, 4.69) is 5.32 Å². The zero-order valence-electron chi connectivity index (χ0n) is 18.4. The average Bonchev–Trinajstić information content (AvgIpc) is 2.80. The number of methoxy groups -OCH3 is 1. The lowest BCUT2D eigenvalue weighted by molar-refractivity contribution is -0.122. The Labute approximate surface area is 182 Å². The van der Waals surface area contributed by atoms with Crippen molar-refractivity contribution < 1.29 is 23.5 Å². The fourth-order valence-corrected chi connectivity index (χ4v) is 4.15. The zero-order valence-corrected chi connectivity index (χ0v) is 18.4. The second-order valence-electron chi connectivity index (χ2n) is 8.12. The van der Waals surface area contributed by atoms with Crippen LogP contribution in [0.1, 0.15) is 68.3 Å². The summed E-state index contributed by atoms with van der Waals surface area (Å²) in [6.45, 7) is 3.90. The number of amides is 1. The standard InChI is InChI=1S/C25H30FNO4/c1-4-17(2)31-22-13-12-18(16-19(22)23(28)30-3)27-24(29)25(14-8-5-9-15-25)20-10-6-7-11-21(20)26/h6-7,10-13,16-17H,4-5,8-9,14-15H2,1-3H3,(H,27,29)/t17-/m0/s1. The van der Waals surface area contributed by atoms with Crippen molar-refractivity contribution in [3.05, 3.63) is 59.4 Å². The maximum absolute atomic E-state index is 14.7. The molecule has 1 aliphatic rings. The molecule has 31 heavy (non-hydrogen) atoms. The minimum Gasteiger partial charge on any atom is -0.490 e. The number of carbonyl (C=O) groups is 2. The van der Waals surface area contributed by atoms with E-state index in [1.807, 2.05) is 13.8 Å². The van der Waals surface area contributed by atoms with E-state index in [1.165, 1.54) is 13.2 Å². The number of ether oxygens (including phenoxy) is 2. The summed E-state index contributed by atoms with van der Waals surface area (Å²) in [5, 5.41) is 2.92. The number of hydrogen-bond donors (Lipinski definition) is 1. The predicted molar refractivity (Wildman–Crippen MR) is 118 cm³/mol. The highest BCUT2D eigenvalue weighted by Gasteiger charge is 2.43. The first kappa shape index (κ1) is 22.8. The molecule has 5 nitrogen and oxygen atoms in total. The molecule has 0 bridgehead atoms. The molecule has 2 aromatic rings. The molecule has 0 saturated heterocycles. The van der Waals surface area contributed by atoms with E-state index in [0.29, 0.717) is 29.8 Å². The highest BCUT2D eigenvalue weighted by atomic mass is 19.1. The smallest absolute Gasteiger partial charge is 0.341 e. The molecule has 3 rings (SSSR count). The van der Waals surface area contributed by atoms with Gasteiger partial charge >= 0.3 is 5.97 Å². The molecule has 0 aromatic heterocycles. The summed E-state index contributed by atoms with van der Waals surface area (Å²) in [6.07, 6.45) is 4.61. The van der Waals surface area contributed by atoms with Crippen molar-refractivity contribution in [3.8, 4) is 5.75 Å². The Hall–Kier alpha value is -2.89. The number of esters is 1. The molecule has 1 amide bonds. The van der Waals surface area contributed by atoms with Crippen molar-refractivity contribution in [2.75, 3.05) is 12.4 Å². The number of carbonyl (C=O) groups excluding carboxylic acids is 2. The lowest BCUT2D eigenvalue weighted by Crippen LogP contribution is -2.42. The minimum atomic E-state index is -0.930. The summed E-state index contributed by atoms with van der Waals surface area (Å²) in [4.78, 5) is 25.8. The molecule has 0 heterocycles. The van der Waals surface area contributed by atoms with Crippen molar-refractivity contribution in [1.29, 1.82) is 0 Å². The van der Waals surface area contributed by atoms with Gasteiger partial charge in [-0.25, -0.2) is 9.18 Å². The Bertz CT molecular complexity index is 937. The number of anilines is 1. The fraction of sp³-hybridized carbons (Fsp3) is 0.440. The number of benzene rings is 2. The fourth-order valence-electron chi connectivity index (χ4n) is 4.15. The van der Waals surface area contributed by atoms with E-state index in [4.69, 9.17) is 9.47 Å². The predicted octanol–water partition coefficient (Wildman–Crippen LogP) is 5.63. The zero-order chi connectivity index (χ0) is 22.4. The maximum atomic E-state index is 14.7. The number of rotatable bonds is 7. The molecular formula is C25H30FNO4. The van der Waals surface area contributed by atoms with Gasteiger partial charge in [-0.05, 0) is 50.5 Å². The van der Waals surface area contributed by atoms with Crippen LogP contribution in [0.15, 0.2) is 42.5 Å². The normalized spacial score (nSPS) is 16.3. The molecule has 0 radical (unpaired) electrons. The summed E-state index contributed by atoms with van der Waals surface area (Å²) in [5.74, 6) is -0.771. The molecule has 6 heteroatoms. The molecular weight excluding hydrogens is 397 g/mol. The van der Waals surface area contributed by atoms with Crippen molar-refractivity contribution in [3.63, 3.8) is 0 Å². The molecule has 1 N–H and O–H groups in total. The van der Waals surface area contributed by atoms with Crippen LogP contribution in [0.2, 0.25) is 0 Å². The highest BCUT2D eigenvalue weighted by molar-refractivity contribution is 6.01. The average molecular weight is 428 g/mol. The van der Waals surface area contributed by atoms with Gasteiger partial charge in [0.25, 0.3) is 0 Å². The van der Waals surface area contributed by atoms with Gasteiger partial charge in [0.2, 0.25) is 5.91 Å². The molecule has 1 saturated carbocycles. The van der Waals surface area contributed by atoms with Crippen LogP contribution in [0, 0.1) is 5.82 Å². The summed E-state index contributed by atoms with van der Waals surface area (Å²) in [6, 6.07) is 11.4. The van der Waals surface area contributed by atoms with Crippen LogP contribution < -0.4 is 10.1 Å². The molecule has 166 valence electrons. The van der Waals surface area contributed by atoms with Gasteiger partial charge in [-0.1, -0.05) is 44.4 Å². The summed E-state index contributed by atoms with van der Waals surface area (Å²) in [5.41, 5.74) is 0.186. The van der Waals surface area contributed by atoms with E-state index < -0.39 is 11.4 Å². The van der Waals surface area contributed by atoms with Gasteiger partial charge in [0.1, 0.15) is 17.1 Å². The second kappa shape index (κ2) is 9.94. The van der Waals surface area contributed by atoms with Gasteiger partial charge in [-0.3, -0.25) is 4.79 Å². The summed E-state index contributed by atoms with van der Waals surface area (Å²) in [7, 11) is 1.30. The van der Waals surface area contributed by atoms with Crippen LogP contribution in [0.3, 0.4) is 0 Å². The number of hydrogen-bond acceptors (Lipinski definition) is 4. The quantitative estimate of drug-likeness (QED) is 0.582. The molecule has 0 unspecified atom stereocenters. The van der Waals surface area contributed by atoms with Crippen LogP contribution >= 0.6 is 0 Å². The Kier molecular flexibility index (Phi) is 7.31. The lowest BCUT2D eigenvalue weighted by atomic mass is 9.68. The Balaban J connectivity index is 1.93. The maximum Gasteiger partial charge on any atom is 0.341 e. The van der Waals surface area contributed by atoms with Crippen molar-refractivity contribution in [2.24, 2.45) is 0 Å². The SMILES string of the molecule is CC[C@H](C)Oc1ccc(NC(=O)C2(c3ccccc3F)CCCCC2)cc1C(=O)OC. The first-order valence-corrected chi connectivity index (χ1v) is 10.9. The third kappa shape index (κ3) is 4.89. The van der Waals surface area contributed by atoms with Crippen LogP contribution in [0.25, 0.3) is 0 Å². The Morgan fingerprint density at radius 1 is 1.13 bits per heavy atom. The third-order valence-electron chi connectivity index (χ3n) is 6.08. The van der Waals surface area contributed by atoms with Crippen LogP contribution in [0.4, 0.5) is 10.1 Å². The van der Waals surface area contributed by atoms with E-state index in [-0.39, 0.29) is 23.4 Å². The van der Waals surface area contributed by atoms with Gasteiger partial charge in [0.15, 0.2) is 0 Å². The molecule has 0 spiro atoms. The number of halogens is 1. The molecule has 1 aliphatic carbocycles. The van der Waals surface area contributed by atoms with Crippen LogP contribution in [0.5, 0.6) is 5.75 Å². The first-order chi connectivity index (χ1) is 14.9. The van der Waals surface area contributed by atoms with E-state index in [9.17, 15) is 14.0 Å². The van der Waals surface area contributed by atoms with E-state index >= 15 is 0 Å².